The van der Waals surface area contributed by atoms with Crippen molar-refractivity contribution in [1.82, 2.24) is 15.3 Å². The Morgan fingerprint density at radius 1 is 1.45 bits per heavy atom. The van der Waals surface area contributed by atoms with Gasteiger partial charge in [0.25, 0.3) is 5.91 Å². The minimum absolute atomic E-state index is 0.0876. The Labute approximate surface area is 122 Å². The molecule has 20 heavy (non-hydrogen) atoms. The normalized spacial score (nSPS) is 11.9. The summed E-state index contributed by atoms with van der Waals surface area (Å²) in [4.78, 5) is 20.7. The number of carbonyl (C=O) groups excluding carboxylic acids is 1. The van der Waals surface area contributed by atoms with Crippen LogP contribution >= 0.6 is 11.3 Å². The van der Waals surface area contributed by atoms with Gasteiger partial charge in [0.1, 0.15) is 5.82 Å². The number of aryl methyl sites for hydroxylation is 1. The maximum atomic E-state index is 12.2. The summed E-state index contributed by atoms with van der Waals surface area (Å²) in [5, 5.41) is 8.87. The molecule has 0 fully saturated rings. The Bertz CT molecular complexity index is 583. The first-order chi connectivity index (χ1) is 9.60. The standard InChI is InChI=1S/C14H18N4OS/c1-9(14-16-4-5-20-14)8-17-13(19)11-6-10(2)18-12(7-11)15-3/h4-7,9H,8H2,1-3H3,(H,15,18)(H,17,19). The Kier molecular flexibility index (Phi) is 4.68. The quantitative estimate of drug-likeness (QED) is 0.887. The van der Waals surface area contributed by atoms with Crippen LogP contribution in [0.25, 0.3) is 0 Å². The van der Waals surface area contributed by atoms with E-state index in [4.69, 9.17) is 0 Å². The van der Waals surface area contributed by atoms with Gasteiger partial charge in [0.15, 0.2) is 0 Å². The van der Waals surface area contributed by atoms with E-state index in [1.165, 1.54) is 0 Å². The maximum absolute atomic E-state index is 12.2. The second-order valence-corrected chi connectivity index (χ2v) is 5.54. The van der Waals surface area contributed by atoms with E-state index in [0.717, 1.165) is 10.7 Å². The molecule has 0 spiro atoms. The molecule has 0 bridgehead atoms. The fourth-order valence-corrected chi connectivity index (χ4v) is 2.54. The molecule has 0 radical (unpaired) electrons. The van der Waals surface area contributed by atoms with Crippen LogP contribution in [0.15, 0.2) is 23.7 Å². The molecule has 6 heteroatoms. The predicted octanol–water partition coefficient (Wildman–Crippen LogP) is 2.42. The van der Waals surface area contributed by atoms with Crippen LogP contribution in [0.1, 0.15) is 33.9 Å². The number of amides is 1. The third-order valence-corrected chi connectivity index (χ3v) is 3.92. The minimum atomic E-state index is -0.0876. The highest BCUT2D eigenvalue weighted by atomic mass is 32.1. The largest absolute Gasteiger partial charge is 0.373 e. The average Bonchev–Trinajstić information content (AvgIpc) is 2.97. The van der Waals surface area contributed by atoms with E-state index in [1.807, 2.05) is 12.3 Å². The molecule has 5 nitrogen and oxygen atoms in total. The van der Waals surface area contributed by atoms with E-state index >= 15 is 0 Å². The van der Waals surface area contributed by atoms with Crippen molar-refractivity contribution in [3.05, 3.63) is 40.0 Å². The molecule has 1 atom stereocenters. The molecule has 0 saturated carbocycles. The van der Waals surface area contributed by atoms with Gasteiger partial charge in [0.2, 0.25) is 0 Å². The van der Waals surface area contributed by atoms with Crippen molar-refractivity contribution >= 4 is 23.1 Å². The van der Waals surface area contributed by atoms with Crippen LogP contribution in [-0.2, 0) is 0 Å². The van der Waals surface area contributed by atoms with Crippen LogP contribution < -0.4 is 10.6 Å². The van der Waals surface area contributed by atoms with Gasteiger partial charge in [0, 0.05) is 42.3 Å². The summed E-state index contributed by atoms with van der Waals surface area (Å²) in [6.45, 7) is 4.49. The van der Waals surface area contributed by atoms with Gasteiger partial charge in [-0.3, -0.25) is 4.79 Å². The maximum Gasteiger partial charge on any atom is 0.251 e. The summed E-state index contributed by atoms with van der Waals surface area (Å²) in [6, 6.07) is 3.53. The topological polar surface area (TPSA) is 66.9 Å². The van der Waals surface area contributed by atoms with Crippen molar-refractivity contribution in [1.29, 1.82) is 0 Å². The van der Waals surface area contributed by atoms with Gasteiger partial charge in [-0.05, 0) is 19.1 Å². The number of hydrogen-bond acceptors (Lipinski definition) is 5. The lowest BCUT2D eigenvalue weighted by Gasteiger charge is -2.11. The van der Waals surface area contributed by atoms with E-state index in [1.54, 1.807) is 36.7 Å². The molecule has 106 valence electrons. The lowest BCUT2D eigenvalue weighted by atomic mass is 10.1. The first kappa shape index (κ1) is 14.5. The summed E-state index contributed by atoms with van der Waals surface area (Å²) in [5.74, 6) is 0.823. The molecule has 2 heterocycles. The summed E-state index contributed by atoms with van der Waals surface area (Å²) >= 11 is 1.60. The Balaban J connectivity index is 2.00. The SMILES string of the molecule is CNc1cc(C(=O)NCC(C)c2nccs2)cc(C)n1. The van der Waals surface area contributed by atoms with Crippen LogP contribution in [0.4, 0.5) is 5.82 Å². The van der Waals surface area contributed by atoms with E-state index < -0.39 is 0 Å². The molecule has 0 aliphatic rings. The molecular formula is C14H18N4OS. The van der Waals surface area contributed by atoms with Crippen LogP contribution in [0.5, 0.6) is 0 Å². The lowest BCUT2D eigenvalue weighted by Crippen LogP contribution is -2.27. The number of pyridine rings is 1. The Morgan fingerprint density at radius 2 is 2.25 bits per heavy atom. The van der Waals surface area contributed by atoms with Crippen LogP contribution in [0.2, 0.25) is 0 Å². The second kappa shape index (κ2) is 6.47. The predicted molar refractivity (Wildman–Crippen MR) is 81.4 cm³/mol. The van der Waals surface area contributed by atoms with E-state index in [0.29, 0.717) is 17.9 Å². The van der Waals surface area contributed by atoms with Crippen LogP contribution in [0.3, 0.4) is 0 Å². The zero-order valence-corrected chi connectivity index (χ0v) is 12.6. The number of nitrogens with zero attached hydrogens (tertiary/aromatic N) is 2. The van der Waals surface area contributed by atoms with Crippen molar-refractivity contribution in [2.75, 3.05) is 18.9 Å². The fraction of sp³-hybridized carbons (Fsp3) is 0.357. The molecule has 0 aromatic carbocycles. The summed E-state index contributed by atoms with van der Waals surface area (Å²) in [5.41, 5.74) is 1.43. The summed E-state index contributed by atoms with van der Waals surface area (Å²) in [7, 11) is 1.79. The van der Waals surface area contributed by atoms with Gasteiger partial charge in [0.05, 0.1) is 5.01 Å². The first-order valence-corrected chi connectivity index (χ1v) is 7.32. The minimum Gasteiger partial charge on any atom is -0.373 e. The molecule has 0 aliphatic carbocycles. The molecule has 2 rings (SSSR count). The number of rotatable bonds is 5. The van der Waals surface area contributed by atoms with Crippen LogP contribution in [-0.4, -0.2) is 29.5 Å². The Hall–Kier alpha value is -1.95. The second-order valence-electron chi connectivity index (χ2n) is 4.61. The van der Waals surface area contributed by atoms with Gasteiger partial charge >= 0.3 is 0 Å². The molecule has 0 aliphatic heterocycles. The number of anilines is 1. The van der Waals surface area contributed by atoms with Crippen molar-refractivity contribution in [2.24, 2.45) is 0 Å². The highest BCUT2D eigenvalue weighted by Crippen LogP contribution is 2.16. The Morgan fingerprint density at radius 3 is 2.90 bits per heavy atom. The molecule has 1 amide bonds. The zero-order chi connectivity index (χ0) is 14.5. The number of thiazole rings is 1. The number of carbonyl (C=O) groups is 1. The fourth-order valence-electron chi connectivity index (χ4n) is 1.84. The smallest absolute Gasteiger partial charge is 0.251 e. The molecule has 2 aromatic heterocycles. The monoisotopic (exact) mass is 290 g/mol. The highest BCUT2D eigenvalue weighted by molar-refractivity contribution is 7.09. The van der Waals surface area contributed by atoms with Crippen LogP contribution in [0, 0.1) is 6.92 Å². The van der Waals surface area contributed by atoms with E-state index in [-0.39, 0.29) is 11.8 Å². The van der Waals surface area contributed by atoms with Crippen molar-refractivity contribution in [3.63, 3.8) is 0 Å². The zero-order valence-electron chi connectivity index (χ0n) is 11.8. The van der Waals surface area contributed by atoms with Gasteiger partial charge in [-0.2, -0.15) is 0 Å². The average molecular weight is 290 g/mol. The van der Waals surface area contributed by atoms with Gasteiger partial charge in [-0.1, -0.05) is 6.92 Å². The van der Waals surface area contributed by atoms with Crippen molar-refractivity contribution in [3.8, 4) is 0 Å². The van der Waals surface area contributed by atoms with Crippen molar-refractivity contribution < 1.29 is 4.79 Å². The number of hydrogen-bond donors (Lipinski definition) is 2. The van der Waals surface area contributed by atoms with Gasteiger partial charge < -0.3 is 10.6 Å². The third-order valence-electron chi connectivity index (χ3n) is 2.91. The van der Waals surface area contributed by atoms with Gasteiger partial charge in [-0.25, -0.2) is 9.97 Å². The third kappa shape index (κ3) is 3.54. The van der Waals surface area contributed by atoms with E-state index in [9.17, 15) is 4.79 Å². The van der Waals surface area contributed by atoms with Crippen molar-refractivity contribution in [2.45, 2.75) is 19.8 Å². The van der Waals surface area contributed by atoms with Gasteiger partial charge in [-0.15, -0.1) is 11.3 Å². The molecule has 1 unspecified atom stereocenters. The first-order valence-electron chi connectivity index (χ1n) is 6.44. The molecular weight excluding hydrogens is 272 g/mol. The summed E-state index contributed by atoms with van der Waals surface area (Å²) < 4.78 is 0. The molecule has 2 aromatic rings. The number of nitrogens with one attached hydrogen (secondary N) is 2. The summed E-state index contributed by atoms with van der Waals surface area (Å²) in [6.07, 6.45) is 1.78. The molecule has 2 N–H and O–H groups in total. The molecule has 0 saturated heterocycles. The van der Waals surface area contributed by atoms with E-state index in [2.05, 4.69) is 27.5 Å². The lowest BCUT2D eigenvalue weighted by molar-refractivity contribution is 0.0951. The highest BCUT2D eigenvalue weighted by Gasteiger charge is 2.12. The number of aromatic nitrogens is 2.